The number of alkyl halides is 3. The molecule has 5 heteroatoms. The number of halogens is 4. The van der Waals surface area contributed by atoms with E-state index in [-0.39, 0.29) is 0 Å². The first-order valence-electron chi connectivity index (χ1n) is 10.3. The maximum Gasteiger partial charge on any atom is 0.416 e. The molecule has 1 fully saturated rings. The molecule has 1 saturated heterocycles. The van der Waals surface area contributed by atoms with Gasteiger partial charge in [-0.15, -0.1) is 0 Å². The molecule has 0 aromatic heterocycles. The second-order valence-corrected chi connectivity index (χ2v) is 11.9. The van der Waals surface area contributed by atoms with Crippen LogP contribution < -0.4 is 0 Å². The van der Waals surface area contributed by atoms with Gasteiger partial charge in [0.05, 0.1) is 5.56 Å². The van der Waals surface area contributed by atoms with E-state index in [4.69, 9.17) is 0 Å². The van der Waals surface area contributed by atoms with E-state index in [1.54, 1.807) is 0 Å². The summed E-state index contributed by atoms with van der Waals surface area (Å²) in [5, 5.41) is 0. The maximum atomic E-state index is 15.0. The number of benzene rings is 2. The average molecular weight is 409 g/mol. The molecule has 2 aromatic rings. The molecule has 28 heavy (non-hydrogen) atoms. The predicted molar refractivity (Wildman–Crippen MR) is 110 cm³/mol. The summed E-state index contributed by atoms with van der Waals surface area (Å²) in [7, 11) is -2.52. The first-order valence-corrected chi connectivity index (χ1v) is 12.8. The molecule has 1 aliphatic heterocycles. The fourth-order valence-corrected chi connectivity index (χ4v) is 7.57. The van der Waals surface area contributed by atoms with Crippen molar-refractivity contribution >= 4 is 8.41 Å². The van der Waals surface area contributed by atoms with Crippen LogP contribution in [0.5, 0.6) is 0 Å². The molecular formula is C23H28F4Si. The zero-order valence-corrected chi connectivity index (χ0v) is 17.4. The molecule has 0 N–H and O–H groups in total. The van der Waals surface area contributed by atoms with Gasteiger partial charge >= 0.3 is 6.18 Å². The molecule has 0 radical (unpaired) electrons. The van der Waals surface area contributed by atoms with Crippen molar-refractivity contribution in [2.24, 2.45) is 0 Å². The third kappa shape index (κ3) is 5.25. The maximum absolute atomic E-state index is 15.0. The lowest BCUT2D eigenvalue weighted by atomic mass is 9.92. The molecule has 2 aromatic carbocycles. The monoisotopic (exact) mass is 408 g/mol. The Morgan fingerprint density at radius 1 is 0.857 bits per heavy atom. The molecule has 0 spiro atoms. The van der Waals surface area contributed by atoms with Gasteiger partial charge in [-0.3, -0.25) is 0 Å². The molecule has 0 bridgehead atoms. The van der Waals surface area contributed by atoms with E-state index in [2.05, 4.69) is 19.1 Å². The largest absolute Gasteiger partial charge is 0.416 e. The topological polar surface area (TPSA) is 0 Å². The predicted octanol–water partition coefficient (Wildman–Crippen LogP) is 8.36. The second kappa shape index (κ2) is 8.81. The van der Waals surface area contributed by atoms with Crippen molar-refractivity contribution in [3.8, 4) is 11.1 Å². The minimum absolute atomic E-state index is 0.407. The van der Waals surface area contributed by atoms with Gasteiger partial charge in [0.1, 0.15) is 0 Å². The van der Waals surface area contributed by atoms with Crippen molar-refractivity contribution in [1.29, 1.82) is 0 Å². The Kier molecular flexibility index (Phi) is 6.64. The van der Waals surface area contributed by atoms with Crippen molar-refractivity contribution in [1.82, 2.24) is 0 Å². The Labute approximate surface area is 166 Å². The normalized spacial score (nSPS) is 23.0. The van der Waals surface area contributed by atoms with E-state index >= 15 is 4.11 Å². The zero-order valence-electron chi connectivity index (χ0n) is 16.4. The lowest BCUT2D eigenvalue weighted by molar-refractivity contribution is -0.137. The molecule has 1 heterocycles. The fraction of sp³-hybridized carbons (Fsp3) is 0.478. The highest BCUT2D eigenvalue weighted by Gasteiger charge is 2.38. The van der Waals surface area contributed by atoms with Crippen LogP contribution in [0, 0.1) is 0 Å². The van der Waals surface area contributed by atoms with Crippen molar-refractivity contribution < 1.29 is 17.3 Å². The van der Waals surface area contributed by atoms with Gasteiger partial charge in [-0.05, 0) is 65.7 Å². The Bertz CT molecular complexity index is 742. The van der Waals surface area contributed by atoms with E-state index in [0.29, 0.717) is 5.92 Å². The molecule has 0 aliphatic carbocycles. The number of hydrogen-bond donors (Lipinski definition) is 0. The Hall–Kier alpha value is -1.62. The first-order chi connectivity index (χ1) is 13.3. The first kappa shape index (κ1) is 21.1. The van der Waals surface area contributed by atoms with Gasteiger partial charge in [-0.25, -0.2) is 0 Å². The van der Waals surface area contributed by atoms with Gasteiger partial charge in [-0.1, -0.05) is 62.6 Å². The Morgan fingerprint density at radius 3 is 1.89 bits per heavy atom. The van der Waals surface area contributed by atoms with E-state index in [0.717, 1.165) is 73.5 Å². The standard InChI is InChI=1S/C23H28F4Si/c1-2-3-4-15-28(27)16-13-21(14-17-28)19-7-5-18(6-8-19)20-9-11-22(12-10-20)23(24,25)26/h5-12,21H,2-4,13-17H2,1H3/t21-,28+. The van der Waals surface area contributed by atoms with Crippen LogP contribution in [0.3, 0.4) is 0 Å². The van der Waals surface area contributed by atoms with Crippen LogP contribution in [-0.4, -0.2) is 8.41 Å². The minimum Gasteiger partial charge on any atom is -0.314 e. The van der Waals surface area contributed by atoms with Crippen LogP contribution in [-0.2, 0) is 6.18 Å². The second-order valence-electron chi connectivity index (χ2n) is 8.08. The molecule has 0 unspecified atom stereocenters. The van der Waals surface area contributed by atoms with E-state index in [1.807, 2.05) is 12.1 Å². The van der Waals surface area contributed by atoms with Crippen LogP contribution in [0.2, 0.25) is 18.1 Å². The molecular weight excluding hydrogens is 380 g/mol. The van der Waals surface area contributed by atoms with Crippen molar-refractivity contribution in [2.75, 3.05) is 0 Å². The van der Waals surface area contributed by atoms with Crippen molar-refractivity contribution in [3.63, 3.8) is 0 Å². The van der Waals surface area contributed by atoms with Crippen molar-refractivity contribution in [3.05, 3.63) is 59.7 Å². The smallest absolute Gasteiger partial charge is 0.314 e. The molecule has 0 amide bonds. The minimum atomic E-state index is -4.31. The van der Waals surface area contributed by atoms with Gasteiger partial charge in [0.2, 0.25) is 8.41 Å². The summed E-state index contributed by atoms with van der Waals surface area (Å²) in [4.78, 5) is 0. The van der Waals surface area contributed by atoms with Crippen LogP contribution in [0.15, 0.2) is 48.5 Å². The summed E-state index contributed by atoms with van der Waals surface area (Å²) in [5.74, 6) is 0.407. The van der Waals surface area contributed by atoms with Crippen LogP contribution in [0.1, 0.15) is 56.1 Å². The van der Waals surface area contributed by atoms with Gasteiger partial charge in [-0.2, -0.15) is 13.2 Å². The van der Waals surface area contributed by atoms with Gasteiger partial charge in [0.15, 0.2) is 0 Å². The lowest BCUT2D eigenvalue weighted by Crippen LogP contribution is -2.32. The summed E-state index contributed by atoms with van der Waals surface area (Å²) in [6, 6.07) is 15.7. The van der Waals surface area contributed by atoms with Gasteiger partial charge < -0.3 is 4.11 Å². The molecule has 0 saturated carbocycles. The summed E-state index contributed by atoms with van der Waals surface area (Å²) in [6.07, 6.45) is 0.843. The number of rotatable bonds is 6. The van der Waals surface area contributed by atoms with E-state index in [9.17, 15) is 13.2 Å². The molecule has 3 rings (SSSR count). The van der Waals surface area contributed by atoms with E-state index < -0.39 is 20.1 Å². The highest BCUT2D eigenvalue weighted by atomic mass is 28.4. The summed E-state index contributed by atoms with van der Waals surface area (Å²) < 4.78 is 53.1. The van der Waals surface area contributed by atoms with Crippen LogP contribution in [0.4, 0.5) is 17.3 Å². The summed E-state index contributed by atoms with van der Waals surface area (Å²) in [5.41, 5.74) is 2.27. The molecule has 1 aliphatic rings. The summed E-state index contributed by atoms with van der Waals surface area (Å²) >= 11 is 0. The zero-order chi connectivity index (χ0) is 20.2. The number of hydrogen-bond acceptors (Lipinski definition) is 0. The highest BCUT2D eigenvalue weighted by Crippen LogP contribution is 2.42. The van der Waals surface area contributed by atoms with E-state index in [1.165, 1.54) is 17.7 Å². The van der Waals surface area contributed by atoms with Crippen LogP contribution >= 0.6 is 0 Å². The molecule has 0 nitrogen and oxygen atoms in total. The molecule has 0 atom stereocenters. The summed E-state index contributed by atoms with van der Waals surface area (Å²) in [6.45, 7) is 2.15. The molecule has 152 valence electrons. The number of unbranched alkanes of at least 4 members (excludes halogenated alkanes) is 2. The Balaban J connectivity index is 1.61. The lowest BCUT2D eigenvalue weighted by Gasteiger charge is -2.32. The van der Waals surface area contributed by atoms with Crippen molar-refractivity contribution in [2.45, 2.75) is 69.3 Å². The average Bonchev–Trinajstić information content (AvgIpc) is 2.68. The quantitative estimate of drug-likeness (QED) is 0.195. The van der Waals surface area contributed by atoms with Gasteiger partial charge in [0.25, 0.3) is 0 Å². The third-order valence-electron chi connectivity index (χ3n) is 6.04. The highest BCUT2D eigenvalue weighted by molar-refractivity contribution is 6.73. The third-order valence-corrected chi connectivity index (χ3v) is 9.66. The fourth-order valence-electron chi connectivity index (χ4n) is 4.21. The van der Waals surface area contributed by atoms with Crippen LogP contribution in [0.25, 0.3) is 11.1 Å². The SMILES string of the molecule is CCCCC[Si@]1(F)CC[C@@H](c2ccc(-c3ccc(C(F)(F)F)cc3)cc2)CC1. The van der Waals surface area contributed by atoms with Gasteiger partial charge in [0, 0.05) is 0 Å². The Morgan fingerprint density at radius 2 is 1.39 bits per heavy atom.